The van der Waals surface area contributed by atoms with E-state index >= 15 is 0 Å². The summed E-state index contributed by atoms with van der Waals surface area (Å²) in [6, 6.07) is 17.3. The molecule has 6 rings (SSSR count). The molecule has 3 aliphatic rings. The Bertz CT molecular complexity index is 1350. The van der Waals surface area contributed by atoms with E-state index in [4.69, 9.17) is 18.9 Å². The molecule has 5 heteroatoms. The van der Waals surface area contributed by atoms with Crippen molar-refractivity contribution in [3.63, 3.8) is 0 Å². The molecule has 5 nitrogen and oxygen atoms in total. The third-order valence-electron chi connectivity index (χ3n) is 8.65. The minimum Gasteiger partial charge on any atom is -0.488 e. The van der Waals surface area contributed by atoms with Gasteiger partial charge in [0.15, 0.2) is 0 Å². The van der Waals surface area contributed by atoms with E-state index in [2.05, 4.69) is 69.3 Å². The van der Waals surface area contributed by atoms with E-state index < -0.39 is 0 Å². The van der Waals surface area contributed by atoms with Gasteiger partial charge in [0.2, 0.25) is 0 Å². The van der Waals surface area contributed by atoms with Gasteiger partial charge in [-0.2, -0.15) is 0 Å². The molecule has 4 unspecified atom stereocenters. The van der Waals surface area contributed by atoms with Gasteiger partial charge in [-0.25, -0.2) is 0 Å². The van der Waals surface area contributed by atoms with E-state index in [9.17, 15) is 4.79 Å². The van der Waals surface area contributed by atoms with Crippen LogP contribution in [0.1, 0.15) is 71.6 Å². The lowest BCUT2D eigenvalue weighted by Crippen LogP contribution is -2.15. The fourth-order valence-electron chi connectivity index (χ4n) is 6.61. The van der Waals surface area contributed by atoms with Crippen LogP contribution in [0.4, 0.5) is 0 Å². The van der Waals surface area contributed by atoms with Crippen LogP contribution < -0.4 is 9.47 Å². The smallest absolute Gasteiger partial charge is 0.309 e. The molecule has 1 heterocycles. The van der Waals surface area contributed by atoms with Crippen LogP contribution in [0.25, 0.3) is 11.1 Å². The number of benzene rings is 3. The maximum Gasteiger partial charge on any atom is 0.309 e. The number of fused-ring (bicyclic) bond motifs is 1. The summed E-state index contributed by atoms with van der Waals surface area (Å²) >= 11 is 0. The first-order chi connectivity index (χ1) is 19.0. The number of hydrogen-bond donors (Lipinski definition) is 0. The molecule has 3 aromatic rings. The van der Waals surface area contributed by atoms with Gasteiger partial charge in [0.1, 0.15) is 23.7 Å². The second kappa shape index (κ2) is 10.7. The topological polar surface area (TPSA) is 54.0 Å². The van der Waals surface area contributed by atoms with E-state index in [0.717, 1.165) is 50.2 Å². The van der Waals surface area contributed by atoms with Crippen molar-refractivity contribution in [3.8, 4) is 22.6 Å². The van der Waals surface area contributed by atoms with Gasteiger partial charge < -0.3 is 18.9 Å². The Labute approximate surface area is 231 Å². The number of rotatable bonds is 8. The zero-order chi connectivity index (χ0) is 27.1. The second-order valence-corrected chi connectivity index (χ2v) is 11.2. The Balaban J connectivity index is 1.25. The van der Waals surface area contributed by atoms with Crippen molar-refractivity contribution in [2.75, 3.05) is 20.3 Å². The monoisotopic (exact) mass is 526 g/mol. The molecule has 0 N–H and O–H groups in total. The van der Waals surface area contributed by atoms with Crippen molar-refractivity contribution in [2.45, 2.75) is 71.0 Å². The first-order valence-corrected chi connectivity index (χ1v) is 14.3. The van der Waals surface area contributed by atoms with E-state index in [1.54, 1.807) is 0 Å². The molecule has 0 spiro atoms. The lowest BCUT2D eigenvalue weighted by molar-refractivity contribution is -0.142. The van der Waals surface area contributed by atoms with Crippen molar-refractivity contribution in [1.29, 1.82) is 0 Å². The minimum atomic E-state index is -0.109. The van der Waals surface area contributed by atoms with E-state index in [-0.39, 0.29) is 30.0 Å². The van der Waals surface area contributed by atoms with Gasteiger partial charge in [0.25, 0.3) is 0 Å². The number of carbonyl (C=O) groups excluding carboxylic acids is 1. The Morgan fingerprint density at radius 3 is 2.41 bits per heavy atom. The van der Waals surface area contributed by atoms with E-state index in [1.165, 1.54) is 51.6 Å². The molecule has 204 valence electrons. The van der Waals surface area contributed by atoms with Gasteiger partial charge in [-0.3, -0.25) is 4.79 Å². The van der Waals surface area contributed by atoms with Crippen LogP contribution in [0.15, 0.2) is 48.5 Å². The third kappa shape index (κ3) is 5.05. The molecule has 0 amide bonds. The highest BCUT2D eigenvalue weighted by molar-refractivity contribution is 5.78. The molecule has 0 aromatic heterocycles. The van der Waals surface area contributed by atoms with Crippen molar-refractivity contribution < 1.29 is 23.7 Å². The number of esters is 1. The van der Waals surface area contributed by atoms with Crippen LogP contribution in [-0.2, 0) is 27.1 Å². The molecule has 1 saturated carbocycles. The zero-order valence-electron chi connectivity index (χ0n) is 23.4. The molecule has 2 fully saturated rings. The molecule has 1 aliphatic heterocycles. The largest absolute Gasteiger partial charge is 0.488 e. The normalized spacial score (nSPS) is 23.4. The lowest BCUT2D eigenvalue weighted by Gasteiger charge is -2.21. The van der Waals surface area contributed by atoms with Crippen molar-refractivity contribution >= 4 is 5.97 Å². The van der Waals surface area contributed by atoms with Gasteiger partial charge >= 0.3 is 5.97 Å². The van der Waals surface area contributed by atoms with E-state index in [1.807, 2.05) is 0 Å². The number of ether oxygens (including phenoxy) is 4. The quantitative estimate of drug-likeness (QED) is 0.295. The summed E-state index contributed by atoms with van der Waals surface area (Å²) in [4.78, 5) is 11.8. The molecule has 1 saturated heterocycles. The molecule has 3 aromatic carbocycles. The summed E-state index contributed by atoms with van der Waals surface area (Å²) in [5.74, 6) is 1.96. The predicted molar refractivity (Wildman–Crippen MR) is 152 cm³/mol. The average Bonchev–Trinajstić information content (AvgIpc) is 3.36. The molecule has 4 atom stereocenters. The Hall–Kier alpha value is -3.31. The van der Waals surface area contributed by atoms with Gasteiger partial charge in [-0.1, -0.05) is 31.2 Å². The van der Waals surface area contributed by atoms with E-state index in [0.29, 0.717) is 6.61 Å². The number of methoxy groups -OCH3 is 1. The van der Waals surface area contributed by atoms with Crippen molar-refractivity contribution in [3.05, 3.63) is 81.9 Å². The maximum atomic E-state index is 11.8. The molecule has 0 bridgehead atoms. The third-order valence-corrected chi connectivity index (χ3v) is 8.65. The molecular formula is C34H38O5. The fraction of sp³-hybridized carbons (Fsp3) is 0.441. The first-order valence-electron chi connectivity index (χ1n) is 14.3. The zero-order valence-corrected chi connectivity index (χ0v) is 23.4. The number of hydrogen-bond acceptors (Lipinski definition) is 5. The van der Waals surface area contributed by atoms with Crippen molar-refractivity contribution in [2.24, 2.45) is 5.92 Å². The van der Waals surface area contributed by atoms with Gasteiger partial charge in [0.05, 0.1) is 26.2 Å². The maximum absolute atomic E-state index is 11.8. The highest BCUT2D eigenvalue weighted by atomic mass is 16.5. The summed E-state index contributed by atoms with van der Waals surface area (Å²) < 4.78 is 23.2. The average molecular weight is 527 g/mol. The molecular weight excluding hydrogens is 488 g/mol. The highest BCUT2D eigenvalue weighted by Gasteiger charge is 2.44. The Kier molecular flexibility index (Phi) is 7.11. The van der Waals surface area contributed by atoms with Gasteiger partial charge in [-0.15, -0.1) is 0 Å². The molecule has 0 radical (unpaired) electrons. The summed E-state index contributed by atoms with van der Waals surface area (Å²) in [6.45, 7) is 8.05. The lowest BCUT2D eigenvalue weighted by atomic mass is 9.88. The predicted octanol–water partition coefficient (Wildman–Crippen LogP) is 7.04. The second-order valence-electron chi connectivity index (χ2n) is 11.2. The standard InChI is InChI=1S/C34H38O5/c1-5-22-8-11-27(32-20(2)16-26(17-21(32)3)38-25-14-15-37-19-25)28-12-13-31(33(22)28)39-24-9-6-23(7-10-24)29-18-30(29)34(35)36-4/h6-11,16-17,25,29-31H,5,12-15,18-19H2,1-4H3. The fourth-order valence-corrected chi connectivity index (χ4v) is 6.61. The summed E-state index contributed by atoms with van der Waals surface area (Å²) in [7, 11) is 1.46. The van der Waals surface area contributed by atoms with Crippen LogP contribution in [0.5, 0.6) is 11.5 Å². The highest BCUT2D eigenvalue weighted by Crippen LogP contribution is 2.49. The van der Waals surface area contributed by atoms with Crippen LogP contribution >= 0.6 is 0 Å². The first kappa shape index (κ1) is 25.9. The van der Waals surface area contributed by atoms with Gasteiger partial charge in [0, 0.05) is 6.42 Å². The van der Waals surface area contributed by atoms with Crippen LogP contribution in [0, 0.1) is 19.8 Å². The Morgan fingerprint density at radius 1 is 0.974 bits per heavy atom. The molecule has 39 heavy (non-hydrogen) atoms. The Morgan fingerprint density at radius 2 is 1.74 bits per heavy atom. The summed E-state index contributed by atoms with van der Waals surface area (Å²) in [5.41, 5.74) is 10.4. The number of aryl methyl sites for hydroxylation is 3. The summed E-state index contributed by atoms with van der Waals surface area (Å²) in [6.07, 6.45) is 4.95. The minimum absolute atomic E-state index is 0.00159. The molecule has 2 aliphatic carbocycles. The van der Waals surface area contributed by atoms with Crippen LogP contribution in [0.2, 0.25) is 0 Å². The number of carbonyl (C=O) groups is 1. The van der Waals surface area contributed by atoms with Gasteiger partial charge in [-0.05, 0) is 114 Å². The SMILES string of the molecule is CCc1ccc(-c2c(C)cc(OC3CCOC3)cc2C)c2c1C(Oc1ccc(C3CC3C(=O)OC)cc1)CC2. The van der Waals surface area contributed by atoms with Crippen molar-refractivity contribution in [1.82, 2.24) is 0 Å². The summed E-state index contributed by atoms with van der Waals surface area (Å²) in [5, 5.41) is 0. The van der Waals surface area contributed by atoms with Crippen LogP contribution in [0.3, 0.4) is 0 Å². The van der Waals surface area contributed by atoms with Crippen LogP contribution in [-0.4, -0.2) is 32.4 Å².